The van der Waals surface area contributed by atoms with Gasteiger partial charge in [-0.15, -0.1) is 0 Å². The summed E-state index contributed by atoms with van der Waals surface area (Å²) in [6.45, 7) is 7.97. The molecule has 0 aliphatic carbocycles. The van der Waals surface area contributed by atoms with E-state index in [2.05, 4.69) is 25.8 Å². The van der Waals surface area contributed by atoms with Crippen LogP contribution in [0.4, 0.5) is 0 Å². The molecule has 2 fully saturated rings. The fraction of sp³-hybridized carbons (Fsp3) is 1.00. The van der Waals surface area contributed by atoms with Crippen molar-refractivity contribution in [3.05, 3.63) is 0 Å². The predicted molar refractivity (Wildman–Crippen MR) is 55.4 cm³/mol. The normalized spacial score (nSPS) is 38.1. The Morgan fingerprint density at radius 3 is 3.07 bits per heavy atom. The van der Waals surface area contributed by atoms with E-state index in [1.807, 2.05) is 0 Å². The first-order valence-corrected chi connectivity index (χ1v) is 5.56. The molecule has 0 saturated carbocycles. The Morgan fingerprint density at radius 1 is 1.57 bits per heavy atom. The van der Waals surface area contributed by atoms with Crippen LogP contribution in [0.15, 0.2) is 0 Å². The second kappa shape index (κ2) is 3.80. The molecule has 0 spiro atoms. The van der Waals surface area contributed by atoms with Crippen LogP contribution >= 0.6 is 0 Å². The first-order chi connectivity index (χ1) is 6.65. The maximum absolute atomic E-state index is 5.78. The van der Waals surface area contributed by atoms with E-state index in [1.54, 1.807) is 0 Å². The summed E-state index contributed by atoms with van der Waals surface area (Å²) < 4.78 is 11.4. The molecule has 3 nitrogen and oxygen atoms in total. The van der Waals surface area contributed by atoms with Crippen LogP contribution in [0, 0.1) is 5.92 Å². The van der Waals surface area contributed by atoms with Crippen molar-refractivity contribution in [3.63, 3.8) is 0 Å². The average Bonchev–Trinajstić information content (AvgIpc) is 2.65. The predicted octanol–water partition coefficient (Wildman–Crippen LogP) is 1.13. The molecule has 3 heteroatoms. The minimum Gasteiger partial charge on any atom is -0.379 e. The summed E-state index contributed by atoms with van der Waals surface area (Å²) in [6.07, 6.45) is 1.58. The lowest BCUT2D eigenvalue weighted by Gasteiger charge is -2.35. The Labute approximate surface area is 86.4 Å². The molecule has 0 amide bonds. The molecule has 0 bridgehead atoms. The van der Waals surface area contributed by atoms with Gasteiger partial charge in [0, 0.05) is 5.92 Å². The first-order valence-electron chi connectivity index (χ1n) is 5.56. The van der Waals surface area contributed by atoms with Gasteiger partial charge in [-0.05, 0) is 33.9 Å². The molecule has 0 radical (unpaired) electrons. The van der Waals surface area contributed by atoms with E-state index in [-0.39, 0.29) is 5.54 Å². The fourth-order valence-corrected chi connectivity index (χ4v) is 2.58. The van der Waals surface area contributed by atoms with Crippen LogP contribution in [0.25, 0.3) is 0 Å². The third-order valence-corrected chi connectivity index (χ3v) is 3.67. The Balaban J connectivity index is 2.02. The number of likely N-dealkylation sites (tertiary alicyclic amines) is 1. The number of rotatable bonds is 3. The third kappa shape index (κ3) is 1.58. The standard InChI is InChI=1S/C11H21NO2/c1-9(2)14-8-11-7-13-6-10(11)4-5-12(11)3/h9-10H,4-8H2,1-3H3. The summed E-state index contributed by atoms with van der Waals surface area (Å²) in [5.74, 6) is 0.686. The van der Waals surface area contributed by atoms with Crippen molar-refractivity contribution < 1.29 is 9.47 Å². The van der Waals surface area contributed by atoms with Crippen LogP contribution in [0.1, 0.15) is 20.3 Å². The van der Waals surface area contributed by atoms with Gasteiger partial charge in [-0.2, -0.15) is 0 Å². The number of hydrogen-bond donors (Lipinski definition) is 0. The zero-order valence-electron chi connectivity index (χ0n) is 9.45. The van der Waals surface area contributed by atoms with Crippen LogP contribution in [0.5, 0.6) is 0 Å². The van der Waals surface area contributed by atoms with E-state index in [4.69, 9.17) is 9.47 Å². The number of ether oxygens (including phenoxy) is 2. The molecule has 2 rings (SSSR count). The van der Waals surface area contributed by atoms with Gasteiger partial charge in [0.2, 0.25) is 0 Å². The van der Waals surface area contributed by atoms with Gasteiger partial charge in [0.05, 0.1) is 31.5 Å². The highest BCUT2D eigenvalue weighted by molar-refractivity contribution is 5.04. The van der Waals surface area contributed by atoms with Crippen molar-refractivity contribution in [1.29, 1.82) is 0 Å². The summed E-state index contributed by atoms with van der Waals surface area (Å²) >= 11 is 0. The first kappa shape index (κ1) is 10.4. The SMILES string of the molecule is CC(C)OCC12COCC1CCN2C. The smallest absolute Gasteiger partial charge is 0.0727 e. The van der Waals surface area contributed by atoms with Crippen LogP contribution in [0.3, 0.4) is 0 Å². The Bertz CT molecular complexity index is 207. The molecule has 14 heavy (non-hydrogen) atoms. The largest absolute Gasteiger partial charge is 0.379 e. The van der Waals surface area contributed by atoms with Gasteiger partial charge in [0.15, 0.2) is 0 Å². The van der Waals surface area contributed by atoms with Crippen molar-refractivity contribution in [2.24, 2.45) is 5.92 Å². The van der Waals surface area contributed by atoms with Crippen LogP contribution in [0.2, 0.25) is 0 Å². The second-order valence-electron chi connectivity index (χ2n) is 4.89. The maximum Gasteiger partial charge on any atom is 0.0727 e. The average molecular weight is 199 g/mol. The van der Waals surface area contributed by atoms with E-state index in [1.165, 1.54) is 13.0 Å². The lowest BCUT2D eigenvalue weighted by molar-refractivity contribution is -0.0184. The Hall–Kier alpha value is -0.120. The quantitative estimate of drug-likeness (QED) is 0.680. The summed E-state index contributed by atoms with van der Waals surface area (Å²) in [4.78, 5) is 2.42. The fourth-order valence-electron chi connectivity index (χ4n) is 2.58. The van der Waals surface area contributed by atoms with Gasteiger partial charge < -0.3 is 9.47 Å². The molecule has 2 aliphatic heterocycles. The molecular formula is C11H21NO2. The Morgan fingerprint density at radius 2 is 2.36 bits per heavy atom. The minimum absolute atomic E-state index is 0.185. The lowest BCUT2D eigenvalue weighted by atomic mass is 9.89. The zero-order valence-corrected chi connectivity index (χ0v) is 9.45. The van der Waals surface area contributed by atoms with Gasteiger partial charge in [0.25, 0.3) is 0 Å². The van der Waals surface area contributed by atoms with E-state index < -0.39 is 0 Å². The zero-order chi connectivity index (χ0) is 10.2. The molecule has 2 heterocycles. The number of nitrogens with zero attached hydrogens (tertiary/aromatic N) is 1. The number of fused-ring (bicyclic) bond motifs is 1. The molecule has 2 unspecified atom stereocenters. The van der Waals surface area contributed by atoms with Crippen LogP contribution in [-0.4, -0.2) is 50.0 Å². The van der Waals surface area contributed by atoms with Crippen LogP contribution < -0.4 is 0 Å². The van der Waals surface area contributed by atoms with E-state index in [0.29, 0.717) is 12.0 Å². The molecule has 0 aromatic rings. The molecule has 82 valence electrons. The third-order valence-electron chi connectivity index (χ3n) is 3.67. The number of likely N-dealkylation sites (N-methyl/N-ethyl adjacent to an activating group) is 1. The molecule has 2 aliphatic rings. The van der Waals surface area contributed by atoms with Crippen LogP contribution in [-0.2, 0) is 9.47 Å². The summed E-state index contributed by atoms with van der Waals surface area (Å²) in [6, 6.07) is 0. The van der Waals surface area contributed by atoms with E-state index in [9.17, 15) is 0 Å². The topological polar surface area (TPSA) is 21.7 Å². The molecular weight excluding hydrogens is 178 g/mol. The van der Waals surface area contributed by atoms with E-state index in [0.717, 1.165) is 19.8 Å². The minimum atomic E-state index is 0.185. The molecule has 2 saturated heterocycles. The highest BCUT2D eigenvalue weighted by Gasteiger charge is 2.51. The molecule has 0 aromatic heterocycles. The number of hydrogen-bond acceptors (Lipinski definition) is 3. The van der Waals surface area contributed by atoms with Crippen molar-refractivity contribution in [2.45, 2.75) is 31.9 Å². The van der Waals surface area contributed by atoms with Crippen molar-refractivity contribution >= 4 is 0 Å². The van der Waals surface area contributed by atoms with Gasteiger partial charge in [-0.3, -0.25) is 4.90 Å². The molecule has 0 aromatic carbocycles. The maximum atomic E-state index is 5.78. The molecule has 2 atom stereocenters. The van der Waals surface area contributed by atoms with Gasteiger partial charge in [0.1, 0.15) is 0 Å². The summed E-state index contributed by atoms with van der Waals surface area (Å²) in [5.41, 5.74) is 0.185. The second-order valence-corrected chi connectivity index (χ2v) is 4.89. The van der Waals surface area contributed by atoms with Gasteiger partial charge in [-0.1, -0.05) is 0 Å². The Kier molecular flexibility index (Phi) is 2.82. The van der Waals surface area contributed by atoms with Gasteiger partial charge >= 0.3 is 0 Å². The lowest BCUT2D eigenvalue weighted by Crippen LogP contribution is -2.50. The summed E-state index contributed by atoms with van der Waals surface area (Å²) in [7, 11) is 2.19. The summed E-state index contributed by atoms with van der Waals surface area (Å²) in [5, 5.41) is 0. The van der Waals surface area contributed by atoms with E-state index >= 15 is 0 Å². The van der Waals surface area contributed by atoms with Crippen molar-refractivity contribution in [3.8, 4) is 0 Å². The highest BCUT2D eigenvalue weighted by Crippen LogP contribution is 2.39. The van der Waals surface area contributed by atoms with Crippen molar-refractivity contribution in [1.82, 2.24) is 4.90 Å². The van der Waals surface area contributed by atoms with Crippen molar-refractivity contribution in [2.75, 3.05) is 33.4 Å². The highest BCUT2D eigenvalue weighted by atomic mass is 16.5. The van der Waals surface area contributed by atoms with Gasteiger partial charge in [-0.25, -0.2) is 0 Å². The monoisotopic (exact) mass is 199 g/mol. The molecule has 0 N–H and O–H groups in total.